The van der Waals surface area contributed by atoms with Crippen LogP contribution in [0.5, 0.6) is 0 Å². The zero-order valence-electron chi connectivity index (χ0n) is 16.9. The predicted molar refractivity (Wildman–Crippen MR) is 109 cm³/mol. The smallest absolute Gasteiger partial charge is 0.272 e. The van der Waals surface area contributed by atoms with Crippen molar-refractivity contribution in [3.8, 4) is 0 Å². The molecule has 29 heavy (non-hydrogen) atoms. The Balaban J connectivity index is 1.59. The molecule has 2 heterocycles. The van der Waals surface area contributed by atoms with Crippen LogP contribution < -0.4 is 5.32 Å². The van der Waals surface area contributed by atoms with E-state index in [0.29, 0.717) is 38.3 Å². The van der Waals surface area contributed by atoms with E-state index in [9.17, 15) is 14.4 Å². The molecule has 1 aliphatic rings. The van der Waals surface area contributed by atoms with Gasteiger partial charge < -0.3 is 15.2 Å². The largest absolute Gasteiger partial charge is 0.353 e. The zero-order chi connectivity index (χ0) is 20.8. The van der Waals surface area contributed by atoms with E-state index in [1.165, 1.54) is 6.33 Å². The summed E-state index contributed by atoms with van der Waals surface area (Å²) in [5.74, 6) is -0.524. The molecule has 1 atom stereocenters. The Morgan fingerprint density at radius 1 is 1.14 bits per heavy atom. The molecule has 8 nitrogen and oxygen atoms in total. The van der Waals surface area contributed by atoms with Crippen molar-refractivity contribution >= 4 is 17.6 Å². The monoisotopic (exact) mass is 397 g/mol. The molecule has 1 aliphatic heterocycles. The lowest BCUT2D eigenvalue weighted by Crippen LogP contribution is -2.51. The molecular weight excluding hydrogens is 370 g/mol. The zero-order valence-corrected chi connectivity index (χ0v) is 16.9. The summed E-state index contributed by atoms with van der Waals surface area (Å²) in [7, 11) is 0. The fourth-order valence-corrected chi connectivity index (χ4v) is 3.25. The third-order valence-electron chi connectivity index (χ3n) is 5.15. The van der Waals surface area contributed by atoms with Gasteiger partial charge >= 0.3 is 0 Å². The van der Waals surface area contributed by atoms with Crippen molar-refractivity contribution in [2.45, 2.75) is 26.3 Å². The number of rotatable bonds is 7. The van der Waals surface area contributed by atoms with Gasteiger partial charge in [0.2, 0.25) is 11.7 Å². The number of hydrogen-bond donors (Lipinski definition) is 2. The number of hydrogen-bond acceptors (Lipinski definition) is 5. The predicted octanol–water partition coefficient (Wildman–Crippen LogP) is 1.31. The average molecular weight is 397 g/mol. The van der Waals surface area contributed by atoms with Gasteiger partial charge in [-0.05, 0) is 13.3 Å². The summed E-state index contributed by atoms with van der Waals surface area (Å²) >= 11 is 0. The maximum absolute atomic E-state index is 12.9. The lowest BCUT2D eigenvalue weighted by molar-refractivity contribution is -0.123. The van der Waals surface area contributed by atoms with Gasteiger partial charge in [0.05, 0.1) is 12.9 Å². The molecule has 2 N–H and O–H groups in total. The van der Waals surface area contributed by atoms with Crippen LogP contribution in [0.15, 0.2) is 36.7 Å². The summed E-state index contributed by atoms with van der Waals surface area (Å²) in [4.78, 5) is 48.3. The molecule has 2 amide bonds. The van der Waals surface area contributed by atoms with Gasteiger partial charge in [0.1, 0.15) is 11.4 Å². The van der Waals surface area contributed by atoms with Crippen LogP contribution in [0.25, 0.3) is 0 Å². The lowest BCUT2D eigenvalue weighted by Gasteiger charge is -2.34. The van der Waals surface area contributed by atoms with Crippen molar-refractivity contribution in [2.24, 2.45) is 0 Å². The van der Waals surface area contributed by atoms with Gasteiger partial charge in [-0.3, -0.25) is 19.3 Å². The van der Waals surface area contributed by atoms with Crippen LogP contribution in [-0.4, -0.2) is 76.1 Å². The number of ketones is 1. The summed E-state index contributed by atoms with van der Waals surface area (Å²) in [5.41, 5.74) is 0.837. The van der Waals surface area contributed by atoms with Gasteiger partial charge in [-0.25, -0.2) is 4.98 Å². The van der Waals surface area contributed by atoms with Crippen LogP contribution in [-0.2, 0) is 4.79 Å². The van der Waals surface area contributed by atoms with Gasteiger partial charge in [0, 0.05) is 37.8 Å². The topological polar surface area (TPSA) is 98.4 Å². The van der Waals surface area contributed by atoms with E-state index in [2.05, 4.69) is 15.3 Å². The first kappa shape index (κ1) is 20.7. The highest BCUT2D eigenvalue weighted by molar-refractivity contribution is 6.13. The van der Waals surface area contributed by atoms with E-state index < -0.39 is 0 Å². The van der Waals surface area contributed by atoms with Gasteiger partial charge in [-0.1, -0.05) is 37.3 Å². The van der Waals surface area contributed by atoms with Crippen LogP contribution in [0.3, 0.4) is 0 Å². The number of benzene rings is 1. The molecule has 0 radical (unpaired) electrons. The summed E-state index contributed by atoms with van der Waals surface area (Å²) in [6.07, 6.45) is 2.27. The van der Waals surface area contributed by atoms with Gasteiger partial charge in [-0.2, -0.15) is 0 Å². The maximum atomic E-state index is 12.9. The van der Waals surface area contributed by atoms with Crippen LogP contribution in [0, 0.1) is 0 Å². The minimum absolute atomic E-state index is 0.00318. The second-order valence-corrected chi connectivity index (χ2v) is 7.27. The number of imidazole rings is 1. The molecule has 2 aromatic rings. The number of aromatic amines is 1. The second-order valence-electron chi connectivity index (χ2n) is 7.27. The Morgan fingerprint density at radius 3 is 2.48 bits per heavy atom. The molecule has 1 aromatic carbocycles. The minimum Gasteiger partial charge on any atom is -0.353 e. The lowest BCUT2D eigenvalue weighted by atomic mass is 10.1. The maximum Gasteiger partial charge on any atom is 0.272 e. The number of amides is 2. The van der Waals surface area contributed by atoms with E-state index in [4.69, 9.17) is 0 Å². The number of aromatic nitrogens is 2. The van der Waals surface area contributed by atoms with Crippen LogP contribution in [0.1, 0.15) is 46.8 Å². The highest BCUT2D eigenvalue weighted by Gasteiger charge is 2.28. The molecule has 0 bridgehead atoms. The SMILES string of the molecule is CC[C@@H](C)NC(=O)CN1CCN(C(=O)c2[nH]cnc2C(=O)c2ccccc2)CC1. The molecule has 3 rings (SSSR count). The van der Waals surface area contributed by atoms with Crippen molar-refractivity contribution in [3.05, 3.63) is 53.6 Å². The van der Waals surface area contributed by atoms with E-state index in [1.54, 1.807) is 29.2 Å². The third-order valence-corrected chi connectivity index (χ3v) is 5.15. The fourth-order valence-electron chi connectivity index (χ4n) is 3.25. The molecule has 1 saturated heterocycles. The number of nitrogens with zero attached hydrogens (tertiary/aromatic N) is 3. The van der Waals surface area contributed by atoms with Gasteiger partial charge in [0.25, 0.3) is 5.91 Å². The van der Waals surface area contributed by atoms with Crippen LogP contribution in [0.2, 0.25) is 0 Å². The molecule has 1 aromatic heterocycles. The number of nitrogens with one attached hydrogen (secondary N) is 2. The van der Waals surface area contributed by atoms with Crippen LogP contribution >= 0.6 is 0 Å². The molecule has 0 aliphatic carbocycles. The highest BCUT2D eigenvalue weighted by atomic mass is 16.2. The average Bonchev–Trinajstić information content (AvgIpc) is 3.23. The summed E-state index contributed by atoms with van der Waals surface area (Å²) in [6, 6.07) is 8.95. The van der Waals surface area contributed by atoms with Crippen molar-refractivity contribution in [2.75, 3.05) is 32.7 Å². The quantitative estimate of drug-likeness (QED) is 0.687. The molecule has 0 unspecified atom stereocenters. The second kappa shape index (κ2) is 9.47. The van der Waals surface area contributed by atoms with E-state index >= 15 is 0 Å². The highest BCUT2D eigenvalue weighted by Crippen LogP contribution is 2.14. The molecule has 154 valence electrons. The molecule has 0 saturated carbocycles. The van der Waals surface area contributed by atoms with E-state index in [-0.39, 0.29) is 35.0 Å². The first-order valence-corrected chi connectivity index (χ1v) is 9.93. The summed E-state index contributed by atoms with van der Waals surface area (Å²) < 4.78 is 0. The normalized spacial score (nSPS) is 15.7. The van der Waals surface area contributed by atoms with E-state index in [1.807, 2.05) is 24.8 Å². The van der Waals surface area contributed by atoms with Crippen molar-refractivity contribution in [1.82, 2.24) is 25.1 Å². The van der Waals surface area contributed by atoms with E-state index in [0.717, 1.165) is 6.42 Å². The van der Waals surface area contributed by atoms with Crippen molar-refractivity contribution < 1.29 is 14.4 Å². The third kappa shape index (κ3) is 5.08. The molecule has 8 heteroatoms. The first-order chi connectivity index (χ1) is 14.0. The Kier molecular flexibility index (Phi) is 6.77. The standard InChI is InChI=1S/C21H27N5O3/c1-3-15(2)24-17(27)13-25-9-11-26(12-10-25)21(29)19-18(22-14-23-19)20(28)16-7-5-4-6-8-16/h4-8,14-15H,3,9-13H2,1-2H3,(H,22,23)(H,24,27)/t15-/m1/s1. The fraction of sp³-hybridized carbons (Fsp3) is 0.429. The Morgan fingerprint density at radius 2 is 1.83 bits per heavy atom. The molecule has 1 fully saturated rings. The van der Waals surface area contributed by atoms with Gasteiger partial charge in [0.15, 0.2) is 0 Å². The van der Waals surface area contributed by atoms with Crippen molar-refractivity contribution in [3.63, 3.8) is 0 Å². The molecule has 0 spiro atoms. The van der Waals surface area contributed by atoms with Crippen molar-refractivity contribution in [1.29, 1.82) is 0 Å². The Bertz CT molecular complexity index is 856. The summed E-state index contributed by atoms with van der Waals surface area (Å²) in [6.45, 7) is 6.54. The number of carbonyl (C=O) groups excluding carboxylic acids is 3. The number of H-pyrrole nitrogens is 1. The van der Waals surface area contributed by atoms with Gasteiger partial charge in [-0.15, -0.1) is 0 Å². The number of carbonyl (C=O) groups is 3. The first-order valence-electron chi connectivity index (χ1n) is 9.93. The molecular formula is C21H27N5O3. The Hall–Kier alpha value is -3.00. The number of piperazine rings is 1. The minimum atomic E-state index is -0.282. The summed E-state index contributed by atoms with van der Waals surface area (Å²) in [5, 5.41) is 2.96. The Labute approximate surface area is 170 Å². The van der Waals surface area contributed by atoms with Crippen LogP contribution in [0.4, 0.5) is 0 Å².